The summed E-state index contributed by atoms with van der Waals surface area (Å²) in [5.41, 5.74) is 9.57. The van der Waals surface area contributed by atoms with Crippen LogP contribution in [0.5, 0.6) is 0 Å². The minimum atomic E-state index is 0.936. The van der Waals surface area contributed by atoms with Crippen molar-refractivity contribution in [1.82, 2.24) is 25.6 Å². The molecule has 0 saturated heterocycles. The Kier molecular flexibility index (Phi) is 5.30. The van der Waals surface area contributed by atoms with E-state index in [1.165, 1.54) is 22.3 Å². The zero-order valence-electron chi connectivity index (χ0n) is 17.4. The molecule has 2 aliphatic heterocycles. The highest BCUT2D eigenvalue weighted by Crippen LogP contribution is 2.27. The quantitative estimate of drug-likeness (QED) is 0.699. The summed E-state index contributed by atoms with van der Waals surface area (Å²) in [5, 5.41) is 15.7. The molecule has 3 heterocycles. The van der Waals surface area contributed by atoms with Crippen LogP contribution < -0.4 is 10.6 Å². The minimum Gasteiger partial charge on any atom is -0.313 e. The maximum atomic E-state index is 4.49. The third-order valence-corrected chi connectivity index (χ3v) is 6.03. The van der Waals surface area contributed by atoms with E-state index in [-0.39, 0.29) is 0 Å². The molecule has 30 heavy (non-hydrogen) atoms. The van der Waals surface area contributed by atoms with Crippen LogP contribution in [0.1, 0.15) is 29.7 Å². The minimum absolute atomic E-state index is 0.936. The van der Waals surface area contributed by atoms with Gasteiger partial charge in [0.05, 0.1) is 11.4 Å². The topological polar surface area (TPSA) is 54.8 Å². The first-order valence-electron chi connectivity index (χ1n) is 10.7. The van der Waals surface area contributed by atoms with Crippen molar-refractivity contribution >= 4 is 11.1 Å². The molecule has 3 aromatic rings. The van der Waals surface area contributed by atoms with Crippen LogP contribution in [0.3, 0.4) is 0 Å². The highest BCUT2D eigenvalue weighted by molar-refractivity contribution is 5.71. The van der Waals surface area contributed by atoms with Gasteiger partial charge in [-0.3, -0.25) is 0 Å². The van der Waals surface area contributed by atoms with Gasteiger partial charge in [0.2, 0.25) is 0 Å². The SMILES string of the molecule is Cc1c(-c2ccc(C3=CCNCC3)cc2)nnn1-c1ccc(C2=CCNCC2)cc1. The molecule has 2 N–H and O–H groups in total. The zero-order chi connectivity index (χ0) is 20.3. The first kappa shape index (κ1) is 19.0. The molecule has 2 aliphatic rings. The summed E-state index contributed by atoms with van der Waals surface area (Å²) in [4.78, 5) is 0. The van der Waals surface area contributed by atoms with Crippen LogP contribution in [0.4, 0.5) is 0 Å². The molecule has 0 atom stereocenters. The van der Waals surface area contributed by atoms with Crippen LogP contribution >= 0.6 is 0 Å². The van der Waals surface area contributed by atoms with Gasteiger partial charge in [0, 0.05) is 18.7 Å². The number of rotatable bonds is 4. The molecule has 2 aromatic carbocycles. The fourth-order valence-corrected chi connectivity index (χ4v) is 4.27. The molecule has 5 rings (SSSR count). The van der Waals surface area contributed by atoms with E-state index >= 15 is 0 Å². The van der Waals surface area contributed by atoms with Gasteiger partial charge in [0.25, 0.3) is 0 Å². The highest BCUT2D eigenvalue weighted by atomic mass is 15.4. The van der Waals surface area contributed by atoms with Crippen molar-refractivity contribution in [1.29, 1.82) is 0 Å². The highest BCUT2D eigenvalue weighted by Gasteiger charge is 2.14. The average Bonchev–Trinajstić information content (AvgIpc) is 3.22. The van der Waals surface area contributed by atoms with Gasteiger partial charge in [-0.15, -0.1) is 5.10 Å². The van der Waals surface area contributed by atoms with Crippen molar-refractivity contribution in [3.63, 3.8) is 0 Å². The van der Waals surface area contributed by atoms with Gasteiger partial charge in [-0.05, 0) is 67.3 Å². The average molecular weight is 398 g/mol. The van der Waals surface area contributed by atoms with Crippen molar-refractivity contribution in [3.8, 4) is 16.9 Å². The molecule has 0 fully saturated rings. The van der Waals surface area contributed by atoms with E-state index in [0.29, 0.717) is 0 Å². The maximum absolute atomic E-state index is 4.49. The first-order chi connectivity index (χ1) is 14.8. The second kappa shape index (κ2) is 8.38. The second-order valence-corrected chi connectivity index (χ2v) is 7.93. The van der Waals surface area contributed by atoms with Crippen LogP contribution in [0.15, 0.2) is 60.7 Å². The van der Waals surface area contributed by atoms with Gasteiger partial charge in [-0.25, -0.2) is 4.68 Å². The number of aromatic nitrogens is 3. The summed E-state index contributed by atoms with van der Waals surface area (Å²) in [5.74, 6) is 0. The smallest absolute Gasteiger partial charge is 0.116 e. The van der Waals surface area contributed by atoms with E-state index in [9.17, 15) is 0 Å². The third-order valence-electron chi connectivity index (χ3n) is 6.03. The van der Waals surface area contributed by atoms with Crippen LogP contribution in [0, 0.1) is 6.92 Å². The summed E-state index contributed by atoms with van der Waals surface area (Å²) in [6.45, 7) is 6.09. The molecular weight excluding hydrogens is 370 g/mol. The van der Waals surface area contributed by atoms with Crippen molar-refractivity contribution in [2.75, 3.05) is 26.2 Å². The maximum Gasteiger partial charge on any atom is 0.116 e. The Morgan fingerprint density at radius 2 is 1.27 bits per heavy atom. The molecule has 0 bridgehead atoms. The molecule has 152 valence electrons. The molecule has 0 unspecified atom stereocenters. The van der Waals surface area contributed by atoms with Crippen LogP contribution in [0.2, 0.25) is 0 Å². The number of hydrogen-bond donors (Lipinski definition) is 2. The molecule has 1 aromatic heterocycles. The molecule has 0 saturated carbocycles. The van der Waals surface area contributed by atoms with Gasteiger partial charge >= 0.3 is 0 Å². The lowest BCUT2D eigenvalue weighted by Gasteiger charge is -2.14. The Morgan fingerprint density at radius 3 is 1.80 bits per heavy atom. The van der Waals surface area contributed by atoms with Crippen LogP contribution in [-0.2, 0) is 0 Å². The van der Waals surface area contributed by atoms with E-state index in [1.807, 2.05) is 4.68 Å². The monoisotopic (exact) mass is 397 g/mol. The van der Waals surface area contributed by atoms with Crippen molar-refractivity contribution in [2.24, 2.45) is 0 Å². The molecule has 0 aliphatic carbocycles. The van der Waals surface area contributed by atoms with Crippen LogP contribution in [0.25, 0.3) is 28.1 Å². The number of hydrogen-bond acceptors (Lipinski definition) is 4. The lowest BCUT2D eigenvalue weighted by Crippen LogP contribution is -2.20. The summed E-state index contributed by atoms with van der Waals surface area (Å²) in [7, 11) is 0. The first-order valence-corrected chi connectivity index (χ1v) is 10.7. The van der Waals surface area contributed by atoms with E-state index in [1.54, 1.807) is 0 Å². The normalized spacial score (nSPS) is 16.8. The van der Waals surface area contributed by atoms with Crippen molar-refractivity contribution < 1.29 is 0 Å². The van der Waals surface area contributed by atoms with Gasteiger partial charge in [-0.2, -0.15) is 0 Å². The van der Waals surface area contributed by atoms with E-state index in [2.05, 4.69) is 88.6 Å². The summed E-state index contributed by atoms with van der Waals surface area (Å²) >= 11 is 0. The lowest BCUT2D eigenvalue weighted by molar-refractivity contribution is 0.738. The molecule has 5 heteroatoms. The fraction of sp³-hybridized carbons (Fsp3) is 0.280. The Morgan fingerprint density at radius 1 is 0.733 bits per heavy atom. The Balaban J connectivity index is 1.38. The van der Waals surface area contributed by atoms with Crippen LogP contribution in [-0.4, -0.2) is 41.2 Å². The molecule has 5 nitrogen and oxygen atoms in total. The zero-order valence-corrected chi connectivity index (χ0v) is 17.4. The number of benzene rings is 2. The second-order valence-electron chi connectivity index (χ2n) is 7.93. The Labute approximate surface area is 177 Å². The number of nitrogens with one attached hydrogen (secondary N) is 2. The summed E-state index contributed by atoms with van der Waals surface area (Å²) in [6.07, 6.45) is 6.72. The van der Waals surface area contributed by atoms with Gasteiger partial charge in [0.1, 0.15) is 5.69 Å². The van der Waals surface area contributed by atoms with E-state index in [0.717, 1.165) is 61.7 Å². The Hall–Kier alpha value is -3.02. The largest absolute Gasteiger partial charge is 0.313 e. The third kappa shape index (κ3) is 3.74. The fourth-order valence-electron chi connectivity index (χ4n) is 4.27. The number of nitrogens with zero attached hydrogens (tertiary/aromatic N) is 3. The summed E-state index contributed by atoms with van der Waals surface area (Å²) < 4.78 is 1.93. The predicted molar refractivity (Wildman–Crippen MR) is 122 cm³/mol. The van der Waals surface area contributed by atoms with E-state index in [4.69, 9.17) is 0 Å². The molecule has 0 spiro atoms. The van der Waals surface area contributed by atoms with Crippen molar-refractivity contribution in [2.45, 2.75) is 19.8 Å². The lowest BCUT2D eigenvalue weighted by atomic mass is 9.98. The molecule has 0 radical (unpaired) electrons. The standard InChI is InChI=1S/C25H27N5/c1-18-25(23-4-2-19(3-5-23)21-10-14-26-15-11-21)28-29-30(18)24-8-6-20(7-9-24)22-12-16-27-17-13-22/h2-10,12,26-27H,11,13-17H2,1H3. The summed E-state index contributed by atoms with van der Waals surface area (Å²) in [6, 6.07) is 17.4. The molecule has 0 amide bonds. The Bertz CT molecular complexity index is 1000. The van der Waals surface area contributed by atoms with Crippen molar-refractivity contribution in [3.05, 3.63) is 77.5 Å². The van der Waals surface area contributed by atoms with Gasteiger partial charge in [0.15, 0.2) is 0 Å². The van der Waals surface area contributed by atoms with E-state index < -0.39 is 0 Å². The van der Waals surface area contributed by atoms with Gasteiger partial charge in [-0.1, -0.05) is 53.8 Å². The van der Waals surface area contributed by atoms with Gasteiger partial charge < -0.3 is 10.6 Å². The predicted octanol–water partition coefficient (Wildman–Crippen LogP) is 4.00. The molecular formula is C25H27N5.